The van der Waals surface area contributed by atoms with Crippen LogP contribution in [0.1, 0.15) is 25.0 Å². The maximum atomic E-state index is 9.45. The molecule has 0 radical (unpaired) electrons. The number of aromatic nitrogens is 1. The van der Waals surface area contributed by atoms with Gasteiger partial charge in [0.25, 0.3) is 0 Å². The molecule has 0 bridgehead atoms. The molecule has 2 nitrogen and oxygen atoms in total. The van der Waals surface area contributed by atoms with Crippen LogP contribution < -0.4 is 0 Å². The molecule has 1 aromatic rings. The van der Waals surface area contributed by atoms with E-state index >= 15 is 0 Å². The molecule has 12 heavy (non-hydrogen) atoms. The summed E-state index contributed by atoms with van der Waals surface area (Å²) in [5.41, 5.74) is 0.938. The molecular weight excluding hydrogens is 150 g/mol. The van der Waals surface area contributed by atoms with E-state index in [0.717, 1.165) is 12.0 Å². The predicted molar refractivity (Wildman–Crippen MR) is 48.5 cm³/mol. The molecule has 0 spiro atoms. The quantitative estimate of drug-likeness (QED) is 0.672. The second-order valence-electron chi connectivity index (χ2n) is 2.75. The number of rotatable bonds is 3. The number of aliphatic hydroxyl groups is 1. The number of nitrogens with zero attached hydrogens (tertiary/aromatic N) is 1. The number of aliphatic hydroxyl groups excluding tert-OH is 1. The van der Waals surface area contributed by atoms with Crippen LogP contribution in [0.2, 0.25) is 0 Å². The molecule has 0 aromatic carbocycles. The highest BCUT2D eigenvalue weighted by molar-refractivity contribution is 5.14. The number of hydrogen-bond donors (Lipinski definition) is 1. The van der Waals surface area contributed by atoms with Gasteiger partial charge < -0.3 is 9.67 Å². The van der Waals surface area contributed by atoms with Crippen LogP contribution in [0.4, 0.5) is 0 Å². The van der Waals surface area contributed by atoms with Crippen molar-refractivity contribution in [3.8, 4) is 12.3 Å². The largest absolute Gasteiger partial charge is 0.388 e. The molecule has 1 aromatic heterocycles. The van der Waals surface area contributed by atoms with Crippen LogP contribution in [-0.4, -0.2) is 9.67 Å². The van der Waals surface area contributed by atoms with E-state index in [1.807, 2.05) is 30.0 Å². The Balaban J connectivity index is 2.71. The molecule has 1 atom stereocenters. The average Bonchev–Trinajstić information content (AvgIpc) is 2.52. The second kappa shape index (κ2) is 3.99. The normalized spacial score (nSPS) is 12.4. The van der Waals surface area contributed by atoms with Crippen molar-refractivity contribution >= 4 is 0 Å². The monoisotopic (exact) mass is 163 g/mol. The molecule has 0 aliphatic rings. The van der Waals surface area contributed by atoms with Gasteiger partial charge in [-0.15, -0.1) is 6.42 Å². The Morgan fingerprint density at radius 1 is 1.75 bits per heavy atom. The summed E-state index contributed by atoms with van der Waals surface area (Å²) in [6, 6.07) is 1.89. The van der Waals surface area contributed by atoms with E-state index in [4.69, 9.17) is 6.42 Å². The Kier molecular flexibility index (Phi) is 2.95. The summed E-state index contributed by atoms with van der Waals surface area (Å²) >= 11 is 0. The molecule has 64 valence electrons. The van der Waals surface area contributed by atoms with Crippen LogP contribution in [0, 0.1) is 12.3 Å². The van der Waals surface area contributed by atoms with E-state index in [-0.39, 0.29) is 6.10 Å². The van der Waals surface area contributed by atoms with Crippen LogP contribution in [0.15, 0.2) is 18.5 Å². The first-order valence-corrected chi connectivity index (χ1v) is 4.05. The average molecular weight is 163 g/mol. The van der Waals surface area contributed by atoms with Gasteiger partial charge in [-0.05, 0) is 18.1 Å². The first-order chi connectivity index (χ1) is 5.77. The molecule has 1 unspecified atom stereocenters. The van der Waals surface area contributed by atoms with Gasteiger partial charge in [-0.1, -0.05) is 12.8 Å². The van der Waals surface area contributed by atoms with Gasteiger partial charge in [0.1, 0.15) is 0 Å². The topological polar surface area (TPSA) is 25.2 Å². The Morgan fingerprint density at radius 3 is 3.08 bits per heavy atom. The molecule has 0 amide bonds. The standard InChI is InChI=1S/C10H13NO/c1-3-6-11-7-5-9(8-11)10(12)4-2/h1,5,7-8,10,12H,4,6H2,2H3. The summed E-state index contributed by atoms with van der Waals surface area (Å²) in [7, 11) is 0. The molecule has 1 N–H and O–H groups in total. The zero-order chi connectivity index (χ0) is 8.97. The fraction of sp³-hybridized carbons (Fsp3) is 0.400. The Morgan fingerprint density at radius 2 is 2.50 bits per heavy atom. The van der Waals surface area contributed by atoms with Crippen molar-refractivity contribution in [2.75, 3.05) is 0 Å². The van der Waals surface area contributed by atoms with Crippen LogP contribution in [0.5, 0.6) is 0 Å². The predicted octanol–water partition coefficient (Wildman–Crippen LogP) is 1.56. The van der Waals surface area contributed by atoms with Gasteiger partial charge in [0.2, 0.25) is 0 Å². The minimum absolute atomic E-state index is 0.357. The van der Waals surface area contributed by atoms with Gasteiger partial charge in [0.05, 0.1) is 12.6 Å². The van der Waals surface area contributed by atoms with Crippen LogP contribution in [-0.2, 0) is 6.54 Å². The maximum Gasteiger partial charge on any atom is 0.0829 e. The summed E-state index contributed by atoms with van der Waals surface area (Å²) in [5.74, 6) is 2.54. The minimum atomic E-state index is -0.357. The first-order valence-electron chi connectivity index (χ1n) is 4.05. The van der Waals surface area contributed by atoms with Gasteiger partial charge in [-0.25, -0.2) is 0 Å². The lowest BCUT2D eigenvalue weighted by Gasteiger charge is -2.03. The van der Waals surface area contributed by atoms with Crippen molar-refractivity contribution in [3.63, 3.8) is 0 Å². The van der Waals surface area contributed by atoms with Gasteiger partial charge in [0, 0.05) is 12.4 Å². The van der Waals surface area contributed by atoms with Gasteiger partial charge in [0.15, 0.2) is 0 Å². The van der Waals surface area contributed by atoms with E-state index in [1.165, 1.54) is 0 Å². The summed E-state index contributed by atoms with van der Waals surface area (Å²) in [4.78, 5) is 0. The zero-order valence-electron chi connectivity index (χ0n) is 7.20. The van der Waals surface area contributed by atoms with Crippen molar-refractivity contribution in [3.05, 3.63) is 24.0 Å². The summed E-state index contributed by atoms with van der Waals surface area (Å²) in [6.07, 6.45) is 9.29. The summed E-state index contributed by atoms with van der Waals surface area (Å²) in [6.45, 7) is 2.51. The highest BCUT2D eigenvalue weighted by Gasteiger charge is 2.04. The Hall–Kier alpha value is -1.20. The van der Waals surface area contributed by atoms with Crippen LogP contribution >= 0.6 is 0 Å². The first kappa shape index (κ1) is 8.89. The fourth-order valence-electron chi connectivity index (χ4n) is 1.10. The molecule has 1 rings (SSSR count). The number of terminal acetylenes is 1. The van der Waals surface area contributed by atoms with E-state index < -0.39 is 0 Å². The van der Waals surface area contributed by atoms with Crippen LogP contribution in [0.25, 0.3) is 0 Å². The Bertz CT molecular complexity index is 282. The molecular formula is C10H13NO. The van der Waals surface area contributed by atoms with E-state index in [1.54, 1.807) is 0 Å². The molecule has 0 saturated heterocycles. The van der Waals surface area contributed by atoms with Crippen molar-refractivity contribution in [1.82, 2.24) is 4.57 Å². The highest BCUT2D eigenvalue weighted by Crippen LogP contribution is 2.15. The Labute approximate surface area is 72.8 Å². The van der Waals surface area contributed by atoms with Crippen molar-refractivity contribution in [2.24, 2.45) is 0 Å². The molecule has 2 heteroatoms. The molecule has 0 aliphatic carbocycles. The lowest BCUT2D eigenvalue weighted by Crippen LogP contribution is -1.94. The van der Waals surface area contributed by atoms with Gasteiger partial charge in [-0.2, -0.15) is 0 Å². The fourth-order valence-corrected chi connectivity index (χ4v) is 1.10. The zero-order valence-corrected chi connectivity index (χ0v) is 7.20. The SMILES string of the molecule is C#CCn1ccc(C(O)CC)c1. The third-order valence-electron chi connectivity index (χ3n) is 1.82. The van der Waals surface area contributed by atoms with E-state index in [0.29, 0.717) is 6.54 Å². The molecule has 0 saturated carbocycles. The highest BCUT2D eigenvalue weighted by atomic mass is 16.3. The number of hydrogen-bond acceptors (Lipinski definition) is 1. The van der Waals surface area contributed by atoms with Gasteiger partial charge >= 0.3 is 0 Å². The molecule has 0 aliphatic heterocycles. The molecule has 1 heterocycles. The van der Waals surface area contributed by atoms with Gasteiger partial charge in [-0.3, -0.25) is 0 Å². The molecule has 0 fully saturated rings. The van der Waals surface area contributed by atoms with Crippen LogP contribution in [0.3, 0.4) is 0 Å². The van der Waals surface area contributed by atoms with Crippen molar-refractivity contribution in [1.29, 1.82) is 0 Å². The lowest BCUT2D eigenvalue weighted by molar-refractivity contribution is 0.173. The summed E-state index contributed by atoms with van der Waals surface area (Å²) in [5, 5.41) is 9.45. The maximum absolute atomic E-state index is 9.45. The third kappa shape index (κ3) is 1.90. The van der Waals surface area contributed by atoms with Crippen molar-refractivity contribution in [2.45, 2.75) is 26.0 Å². The van der Waals surface area contributed by atoms with Crippen molar-refractivity contribution < 1.29 is 5.11 Å². The smallest absolute Gasteiger partial charge is 0.0829 e. The summed E-state index contributed by atoms with van der Waals surface area (Å²) < 4.78 is 1.88. The second-order valence-corrected chi connectivity index (χ2v) is 2.75. The minimum Gasteiger partial charge on any atom is -0.388 e. The third-order valence-corrected chi connectivity index (χ3v) is 1.82. The van der Waals surface area contributed by atoms with E-state index in [9.17, 15) is 5.11 Å². The lowest BCUT2D eigenvalue weighted by atomic mass is 10.1. The van der Waals surface area contributed by atoms with E-state index in [2.05, 4.69) is 5.92 Å².